The summed E-state index contributed by atoms with van der Waals surface area (Å²) in [4.78, 5) is 25.6. The zero-order valence-electron chi connectivity index (χ0n) is 23.5. The summed E-state index contributed by atoms with van der Waals surface area (Å²) in [7, 11) is -0.619. The Balaban J connectivity index is 1.57. The standard InChI is InChI=1S/C28H40BClO7/c1-25(2,3)34-23(31)18-12-10-11-16(22(18)33-24(32)35-26(4,5)6)13-21(30)29-36-20-15-17-14-19(27(17,7)8)28(20,9)37-29/h10-12,17,19-21H,13-15H2,1-9H3/t17-,19-,20+,21+,28-/m0/s1. The fraction of sp³-hybridized carbons (Fsp3) is 0.714. The van der Waals surface area contributed by atoms with Crippen molar-refractivity contribution in [3.05, 3.63) is 29.3 Å². The highest BCUT2D eigenvalue weighted by Crippen LogP contribution is 2.65. The van der Waals surface area contributed by atoms with Crippen LogP contribution in [0.25, 0.3) is 0 Å². The SMILES string of the molecule is CC(C)(C)OC(=O)Oc1c(C[C@@H](Cl)B2O[C@@H]3C[C@@H]4C[C@@H](C4(C)C)[C@]3(C)O2)cccc1C(=O)OC(C)(C)C. The molecular formula is C28H40BClO7. The second kappa shape index (κ2) is 9.46. The van der Waals surface area contributed by atoms with E-state index in [1.165, 1.54) is 0 Å². The third-order valence-corrected chi connectivity index (χ3v) is 8.33. The number of hydrogen-bond acceptors (Lipinski definition) is 7. The number of hydrogen-bond donors (Lipinski definition) is 0. The van der Waals surface area contributed by atoms with E-state index in [0.717, 1.165) is 12.8 Å². The number of esters is 1. The zero-order valence-corrected chi connectivity index (χ0v) is 24.2. The van der Waals surface area contributed by atoms with E-state index in [-0.39, 0.29) is 34.9 Å². The average molecular weight is 535 g/mol. The molecule has 0 N–H and O–H groups in total. The van der Waals surface area contributed by atoms with Crippen LogP contribution >= 0.6 is 11.6 Å². The molecular weight excluding hydrogens is 495 g/mol. The van der Waals surface area contributed by atoms with E-state index < -0.39 is 35.7 Å². The van der Waals surface area contributed by atoms with Gasteiger partial charge in [-0.3, -0.25) is 0 Å². The van der Waals surface area contributed by atoms with Crippen LogP contribution in [0.4, 0.5) is 4.79 Å². The van der Waals surface area contributed by atoms with Crippen LogP contribution in [0.3, 0.4) is 0 Å². The van der Waals surface area contributed by atoms with Gasteiger partial charge in [0.25, 0.3) is 0 Å². The van der Waals surface area contributed by atoms with Crippen molar-refractivity contribution < 1.29 is 33.1 Å². The summed E-state index contributed by atoms with van der Waals surface area (Å²) in [6.45, 7) is 17.3. The van der Waals surface area contributed by atoms with Gasteiger partial charge in [0.1, 0.15) is 16.8 Å². The summed E-state index contributed by atoms with van der Waals surface area (Å²) in [5.74, 6) is 0.514. The van der Waals surface area contributed by atoms with Gasteiger partial charge in [0.15, 0.2) is 5.75 Å². The van der Waals surface area contributed by atoms with Crippen LogP contribution < -0.4 is 4.74 Å². The topological polar surface area (TPSA) is 80.3 Å². The molecule has 0 spiro atoms. The first kappa shape index (κ1) is 28.2. The summed E-state index contributed by atoms with van der Waals surface area (Å²) in [6.07, 6.45) is 1.45. The van der Waals surface area contributed by atoms with Gasteiger partial charge in [0, 0.05) is 0 Å². The number of carbonyl (C=O) groups is 2. The first-order valence-corrected chi connectivity index (χ1v) is 13.6. The van der Waals surface area contributed by atoms with E-state index in [0.29, 0.717) is 17.4 Å². The fourth-order valence-electron chi connectivity index (χ4n) is 6.07. The highest BCUT2D eigenvalue weighted by molar-refractivity contribution is 6.60. The number of benzene rings is 1. The Bertz CT molecular complexity index is 1060. The first-order chi connectivity index (χ1) is 16.9. The third kappa shape index (κ3) is 5.67. The molecule has 3 saturated carbocycles. The van der Waals surface area contributed by atoms with E-state index in [9.17, 15) is 9.59 Å². The van der Waals surface area contributed by atoms with Crippen LogP contribution in [0.1, 0.15) is 91.1 Å². The predicted molar refractivity (Wildman–Crippen MR) is 142 cm³/mol. The van der Waals surface area contributed by atoms with Gasteiger partial charge >= 0.3 is 19.2 Å². The summed E-state index contributed by atoms with van der Waals surface area (Å²) in [5.41, 5.74) is -0.966. The van der Waals surface area contributed by atoms with E-state index in [2.05, 4.69) is 20.8 Å². The minimum Gasteiger partial charge on any atom is -0.456 e. The molecule has 1 saturated heterocycles. The van der Waals surface area contributed by atoms with Crippen molar-refractivity contribution in [3.63, 3.8) is 0 Å². The Labute approximate surface area is 226 Å². The van der Waals surface area contributed by atoms with Gasteiger partial charge in [-0.05, 0) is 96.6 Å². The van der Waals surface area contributed by atoms with E-state index in [1.807, 2.05) is 0 Å². The van der Waals surface area contributed by atoms with Gasteiger partial charge in [0.2, 0.25) is 0 Å². The maximum atomic E-state index is 13.0. The van der Waals surface area contributed by atoms with Crippen molar-refractivity contribution in [2.45, 2.75) is 110 Å². The van der Waals surface area contributed by atoms with Crippen molar-refractivity contribution in [2.75, 3.05) is 0 Å². The van der Waals surface area contributed by atoms with Crippen molar-refractivity contribution in [1.29, 1.82) is 0 Å². The lowest BCUT2D eigenvalue weighted by Gasteiger charge is -2.64. The molecule has 0 unspecified atom stereocenters. The quantitative estimate of drug-likeness (QED) is 0.188. The smallest absolute Gasteiger partial charge is 0.456 e. The van der Waals surface area contributed by atoms with Crippen molar-refractivity contribution in [3.8, 4) is 5.75 Å². The molecule has 0 aromatic heterocycles. The molecule has 37 heavy (non-hydrogen) atoms. The minimum atomic E-state index is -0.912. The molecule has 4 fully saturated rings. The van der Waals surface area contributed by atoms with Crippen LogP contribution in [0.5, 0.6) is 5.75 Å². The molecule has 204 valence electrons. The number of rotatable bonds is 5. The normalized spacial score (nSPS) is 29.1. The molecule has 0 amide bonds. The summed E-state index contributed by atoms with van der Waals surface area (Å²) in [5, 5.41) is -0.572. The number of para-hydroxylation sites is 1. The second-order valence-corrected chi connectivity index (χ2v) is 14.0. The highest BCUT2D eigenvalue weighted by atomic mass is 35.5. The summed E-state index contributed by atoms with van der Waals surface area (Å²) in [6, 6.07) is 5.05. The zero-order chi connectivity index (χ0) is 27.6. The Kier molecular flexibility index (Phi) is 7.22. The van der Waals surface area contributed by atoms with Crippen LogP contribution in [0.2, 0.25) is 0 Å². The maximum Gasteiger partial charge on any atom is 0.514 e. The lowest BCUT2D eigenvalue weighted by molar-refractivity contribution is -0.199. The van der Waals surface area contributed by atoms with Gasteiger partial charge in [0.05, 0.1) is 17.0 Å². The van der Waals surface area contributed by atoms with Crippen LogP contribution in [-0.2, 0) is 25.2 Å². The number of alkyl halides is 1. The van der Waals surface area contributed by atoms with Crippen molar-refractivity contribution in [1.82, 2.24) is 0 Å². The van der Waals surface area contributed by atoms with Crippen LogP contribution in [0, 0.1) is 17.3 Å². The van der Waals surface area contributed by atoms with Gasteiger partial charge in [-0.15, -0.1) is 11.6 Å². The largest absolute Gasteiger partial charge is 0.514 e. The van der Waals surface area contributed by atoms with Gasteiger partial charge in [-0.25, -0.2) is 9.59 Å². The van der Waals surface area contributed by atoms with E-state index >= 15 is 0 Å². The van der Waals surface area contributed by atoms with E-state index in [1.54, 1.807) is 59.7 Å². The molecule has 1 heterocycles. The Morgan fingerprint density at radius 2 is 1.73 bits per heavy atom. The second-order valence-electron chi connectivity index (χ2n) is 13.4. The lowest BCUT2D eigenvalue weighted by atomic mass is 9.43. The molecule has 5 rings (SSSR count). The number of carbonyl (C=O) groups excluding carboxylic acids is 2. The number of halogens is 1. The monoisotopic (exact) mass is 534 g/mol. The Hall–Kier alpha value is -1.77. The highest BCUT2D eigenvalue weighted by Gasteiger charge is 2.68. The molecule has 4 aliphatic rings. The molecule has 9 heteroatoms. The third-order valence-electron chi connectivity index (χ3n) is 7.97. The Morgan fingerprint density at radius 1 is 1.08 bits per heavy atom. The van der Waals surface area contributed by atoms with Gasteiger partial charge in [-0.2, -0.15) is 0 Å². The number of ether oxygens (including phenoxy) is 3. The maximum absolute atomic E-state index is 13.0. The average Bonchev–Trinajstić information content (AvgIpc) is 3.09. The van der Waals surface area contributed by atoms with Crippen molar-refractivity contribution in [2.24, 2.45) is 17.3 Å². The van der Waals surface area contributed by atoms with Gasteiger partial charge < -0.3 is 23.5 Å². The molecule has 1 aromatic carbocycles. The molecule has 1 aliphatic heterocycles. The van der Waals surface area contributed by atoms with Gasteiger partial charge in [-0.1, -0.05) is 26.0 Å². The molecule has 7 nitrogen and oxygen atoms in total. The van der Waals surface area contributed by atoms with Crippen LogP contribution in [-0.4, -0.2) is 47.4 Å². The molecule has 1 aromatic rings. The van der Waals surface area contributed by atoms with Crippen molar-refractivity contribution >= 4 is 30.8 Å². The minimum absolute atomic E-state index is 0.00102. The Morgan fingerprint density at radius 3 is 2.32 bits per heavy atom. The molecule has 5 atom stereocenters. The van der Waals surface area contributed by atoms with E-state index in [4.69, 9.17) is 35.1 Å². The molecule has 3 aliphatic carbocycles. The fourth-order valence-corrected chi connectivity index (χ4v) is 6.35. The van der Waals surface area contributed by atoms with Crippen LogP contribution in [0.15, 0.2) is 18.2 Å². The lowest BCUT2D eigenvalue weighted by Crippen LogP contribution is -2.65. The summed E-state index contributed by atoms with van der Waals surface area (Å²) < 4.78 is 29.4. The first-order valence-electron chi connectivity index (χ1n) is 13.1. The molecule has 2 bridgehead atoms. The summed E-state index contributed by atoms with van der Waals surface area (Å²) >= 11 is 6.90. The molecule has 0 radical (unpaired) electrons. The predicted octanol–water partition coefficient (Wildman–Crippen LogP) is 6.37.